The van der Waals surface area contributed by atoms with Crippen molar-refractivity contribution in [2.75, 3.05) is 0 Å². The summed E-state index contributed by atoms with van der Waals surface area (Å²) in [6.45, 7) is 11.2. The number of pyridine rings is 1. The van der Waals surface area contributed by atoms with E-state index >= 15 is 0 Å². The Morgan fingerprint density at radius 1 is 0.528 bits per heavy atom. The van der Waals surface area contributed by atoms with Crippen molar-refractivity contribution >= 4 is 33.0 Å². The Bertz CT molecular complexity index is 2760. The van der Waals surface area contributed by atoms with Crippen molar-refractivity contribution in [3.63, 3.8) is 0 Å². The summed E-state index contributed by atoms with van der Waals surface area (Å²) in [7, 11) is 0. The zero-order chi connectivity index (χ0) is 36.2. The van der Waals surface area contributed by atoms with Crippen LogP contribution in [0.3, 0.4) is 0 Å². The minimum Gasteiger partial charge on any atom is -0.455 e. The average molecular weight is 688 g/mol. The number of furan rings is 1. The van der Waals surface area contributed by atoms with Gasteiger partial charge in [-0.3, -0.25) is 9.55 Å². The monoisotopic (exact) mass is 687 g/mol. The first-order valence-corrected chi connectivity index (χ1v) is 18.6. The summed E-state index contributed by atoms with van der Waals surface area (Å²) in [4.78, 5) is 10.7. The van der Waals surface area contributed by atoms with Crippen LogP contribution in [0.15, 0.2) is 150 Å². The quantitative estimate of drug-likeness (QED) is 0.167. The van der Waals surface area contributed by atoms with Crippen molar-refractivity contribution in [1.29, 1.82) is 0 Å². The van der Waals surface area contributed by atoms with Gasteiger partial charge in [-0.1, -0.05) is 143 Å². The van der Waals surface area contributed by atoms with Crippen LogP contribution in [0.5, 0.6) is 0 Å². The third kappa shape index (κ3) is 5.62. The molecule has 0 aliphatic carbocycles. The fourth-order valence-electron chi connectivity index (χ4n) is 7.87. The van der Waals surface area contributed by atoms with Crippen molar-refractivity contribution in [1.82, 2.24) is 14.5 Å². The van der Waals surface area contributed by atoms with E-state index in [0.29, 0.717) is 11.8 Å². The van der Waals surface area contributed by atoms with Crippen molar-refractivity contribution in [3.8, 4) is 50.6 Å². The lowest BCUT2D eigenvalue weighted by Crippen LogP contribution is -2.09. The van der Waals surface area contributed by atoms with Crippen LogP contribution in [0.4, 0.5) is 0 Å². The van der Waals surface area contributed by atoms with Gasteiger partial charge in [-0.05, 0) is 82.5 Å². The lowest BCUT2D eigenvalue weighted by atomic mass is 9.92. The molecule has 9 rings (SSSR count). The fraction of sp³-hybridized carbons (Fsp3) is 0.143. The molecule has 4 heteroatoms. The van der Waals surface area contributed by atoms with Crippen LogP contribution in [0.25, 0.3) is 83.6 Å². The number of benzene rings is 6. The molecule has 0 aliphatic heterocycles. The Morgan fingerprint density at radius 3 is 1.83 bits per heavy atom. The molecule has 258 valence electrons. The van der Waals surface area contributed by atoms with Crippen LogP contribution < -0.4 is 0 Å². The van der Waals surface area contributed by atoms with Crippen LogP contribution in [0.2, 0.25) is 0 Å². The van der Waals surface area contributed by atoms with Crippen LogP contribution in [0, 0.1) is 6.92 Å². The molecule has 3 heterocycles. The number of hydrogen-bond acceptors (Lipinski definition) is 3. The van der Waals surface area contributed by atoms with Gasteiger partial charge < -0.3 is 4.42 Å². The highest BCUT2D eigenvalue weighted by Gasteiger charge is 2.26. The van der Waals surface area contributed by atoms with E-state index in [2.05, 4.69) is 179 Å². The lowest BCUT2D eigenvalue weighted by Gasteiger charge is -2.23. The van der Waals surface area contributed by atoms with Gasteiger partial charge in [0.05, 0.1) is 33.7 Å². The number of nitrogens with zero attached hydrogens (tertiary/aromatic N) is 3. The van der Waals surface area contributed by atoms with Crippen molar-refractivity contribution in [2.24, 2.45) is 0 Å². The van der Waals surface area contributed by atoms with E-state index in [1.807, 2.05) is 6.07 Å². The van der Waals surface area contributed by atoms with Crippen LogP contribution >= 0.6 is 0 Å². The number of fused-ring (bicyclic) bond motifs is 4. The van der Waals surface area contributed by atoms with Gasteiger partial charge in [-0.2, -0.15) is 0 Å². The molecule has 0 bridgehead atoms. The highest BCUT2D eigenvalue weighted by atomic mass is 16.3. The maximum atomic E-state index is 6.91. The molecule has 0 atom stereocenters. The number of para-hydroxylation sites is 2. The molecule has 9 aromatic rings. The van der Waals surface area contributed by atoms with Crippen LogP contribution in [0.1, 0.15) is 56.4 Å². The molecular formula is C49H41N3O. The zero-order valence-corrected chi connectivity index (χ0v) is 30.8. The summed E-state index contributed by atoms with van der Waals surface area (Å²) in [5.41, 5.74) is 15.9. The van der Waals surface area contributed by atoms with E-state index in [9.17, 15) is 0 Å². The molecule has 0 N–H and O–H groups in total. The second-order valence-electron chi connectivity index (χ2n) is 14.6. The second-order valence-corrected chi connectivity index (χ2v) is 14.6. The van der Waals surface area contributed by atoms with Crippen LogP contribution in [-0.2, 0) is 0 Å². The minimum absolute atomic E-state index is 0.298. The first-order chi connectivity index (χ1) is 25.9. The number of hydrogen-bond donors (Lipinski definition) is 0. The second kappa shape index (κ2) is 13.1. The summed E-state index contributed by atoms with van der Waals surface area (Å²) >= 11 is 0. The summed E-state index contributed by atoms with van der Waals surface area (Å²) < 4.78 is 9.29. The largest absolute Gasteiger partial charge is 0.455 e. The lowest BCUT2D eigenvalue weighted by molar-refractivity contribution is 0.669. The maximum absolute atomic E-state index is 6.91. The standard InChI is InChI=1S/C49H41N3O/c1-30(2)38-21-13-22-39(31(3)4)47(38)52-46-32(5)50-43(34-17-10-7-11-18-34)29-44(46)51-49(52)42-24-14-23-41-40-26-25-37(28-45(40)53-48(41)42)36-20-12-19-35(27-36)33-15-8-6-9-16-33/h6-31H,1-5H3. The fourth-order valence-corrected chi connectivity index (χ4v) is 7.87. The Kier molecular flexibility index (Phi) is 8.04. The molecule has 0 fully saturated rings. The number of imidazole rings is 1. The molecule has 0 unspecified atom stereocenters. The van der Waals surface area contributed by atoms with Crippen molar-refractivity contribution < 1.29 is 4.42 Å². The first kappa shape index (κ1) is 32.6. The Hall–Kier alpha value is -6.26. The molecule has 3 aromatic heterocycles. The topological polar surface area (TPSA) is 43.9 Å². The predicted octanol–water partition coefficient (Wildman–Crippen LogP) is 13.5. The molecular weight excluding hydrogens is 647 g/mol. The Balaban J connectivity index is 1.29. The van der Waals surface area contributed by atoms with E-state index in [0.717, 1.165) is 72.4 Å². The van der Waals surface area contributed by atoms with Gasteiger partial charge in [0.25, 0.3) is 0 Å². The SMILES string of the molecule is Cc1nc(-c2ccccc2)cc2nc(-c3cccc4c3oc3cc(-c5cccc(-c6ccccc6)c5)ccc34)n(-c3c(C(C)C)cccc3C(C)C)c12. The molecule has 0 spiro atoms. The Labute approximate surface area is 310 Å². The minimum atomic E-state index is 0.298. The van der Waals surface area contributed by atoms with Crippen molar-refractivity contribution in [3.05, 3.63) is 162 Å². The van der Waals surface area contributed by atoms with Gasteiger partial charge in [-0.25, -0.2) is 4.98 Å². The smallest absolute Gasteiger partial charge is 0.149 e. The first-order valence-electron chi connectivity index (χ1n) is 18.6. The molecule has 0 saturated heterocycles. The number of aromatic nitrogens is 3. The van der Waals surface area contributed by atoms with Gasteiger partial charge in [0.1, 0.15) is 17.0 Å². The third-order valence-corrected chi connectivity index (χ3v) is 10.5. The van der Waals surface area contributed by atoms with Gasteiger partial charge in [0.2, 0.25) is 0 Å². The predicted molar refractivity (Wildman–Crippen MR) is 221 cm³/mol. The van der Waals surface area contributed by atoms with E-state index in [1.165, 1.54) is 27.9 Å². The number of rotatable bonds is 7. The molecule has 0 radical (unpaired) electrons. The molecule has 6 aromatic carbocycles. The van der Waals surface area contributed by atoms with E-state index in [-0.39, 0.29) is 0 Å². The zero-order valence-electron chi connectivity index (χ0n) is 30.8. The van der Waals surface area contributed by atoms with Gasteiger partial charge in [-0.15, -0.1) is 0 Å². The van der Waals surface area contributed by atoms with E-state index in [1.54, 1.807) is 0 Å². The molecule has 0 amide bonds. The summed E-state index contributed by atoms with van der Waals surface area (Å²) in [5.74, 6) is 1.45. The number of aryl methyl sites for hydroxylation is 1. The third-order valence-electron chi connectivity index (χ3n) is 10.5. The Morgan fingerprint density at radius 2 is 1.13 bits per heavy atom. The van der Waals surface area contributed by atoms with Gasteiger partial charge >= 0.3 is 0 Å². The van der Waals surface area contributed by atoms with Gasteiger partial charge in [0, 0.05) is 16.3 Å². The van der Waals surface area contributed by atoms with Gasteiger partial charge in [0.15, 0.2) is 0 Å². The van der Waals surface area contributed by atoms with Crippen LogP contribution in [-0.4, -0.2) is 14.5 Å². The summed E-state index contributed by atoms with van der Waals surface area (Å²) in [6.07, 6.45) is 0. The molecule has 0 saturated carbocycles. The van der Waals surface area contributed by atoms with E-state index in [4.69, 9.17) is 14.4 Å². The highest BCUT2D eigenvalue weighted by molar-refractivity contribution is 6.10. The molecule has 0 aliphatic rings. The molecule has 53 heavy (non-hydrogen) atoms. The van der Waals surface area contributed by atoms with Crippen molar-refractivity contribution in [2.45, 2.75) is 46.5 Å². The van der Waals surface area contributed by atoms with E-state index < -0.39 is 0 Å². The molecule has 4 nitrogen and oxygen atoms in total. The highest BCUT2D eigenvalue weighted by Crippen LogP contribution is 2.42. The summed E-state index contributed by atoms with van der Waals surface area (Å²) in [6, 6.07) is 51.5. The average Bonchev–Trinajstić information content (AvgIpc) is 3.77. The normalized spacial score (nSPS) is 11.8. The maximum Gasteiger partial charge on any atom is 0.149 e. The summed E-state index contributed by atoms with van der Waals surface area (Å²) in [5, 5.41) is 2.16.